The number of ether oxygens (including phenoxy) is 1. The van der Waals surface area contributed by atoms with E-state index in [1.807, 2.05) is 6.07 Å². The molecule has 9 heteroatoms. The molecule has 7 nitrogen and oxygen atoms in total. The first-order chi connectivity index (χ1) is 16.3. The van der Waals surface area contributed by atoms with E-state index in [0.29, 0.717) is 12.0 Å². The molecule has 0 aliphatic rings. The lowest BCUT2D eigenvalue weighted by Crippen LogP contribution is -2.48. The van der Waals surface area contributed by atoms with Gasteiger partial charge in [0.05, 0.1) is 12.7 Å². The van der Waals surface area contributed by atoms with Crippen molar-refractivity contribution in [2.24, 2.45) is 0 Å². The minimum Gasteiger partial charge on any atom is -0.465 e. The van der Waals surface area contributed by atoms with Crippen molar-refractivity contribution in [2.75, 3.05) is 13.7 Å². The summed E-state index contributed by atoms with van der Waals surface area (Å²) in [5, 5.41) is 2.74. The molecule has 0 saturated heterocycles. The molecular formula is C25H25FN2O5S. The highest BCUT2D eigenvalue weighted by atomic mass is 32.2. The maximum absolute atomic E-state index is 14.1. The van der Waals surface area contributed by atoms with Crippen LogP contribution in [0.15, 0.2) is 83.8 Å². The molecule has 0 bridgehead atoms. The number of carbonyl (C=O) groups excluding carboxylic acids is 2. The second-order valence-electron chi connectivity index (χ2n) is 7.52. The summed E-state index contributed by atoms with van der Waals surface area (Å²) in [6.45, 7) is 0.239. The summed E-state index contributed by atoms with van der Waals surface area (Å²) < 4.78 is 46.7. The fourth-order valence-corrected chi connectivity index (χ4v) is 4.60. The Bertz CT molecular complexity index is 1230. The van der Waals surface area contributed by atoms with Crippen molar-refractivity contribution in [3.8, 4) is 0 Å². The van der Waals surface area contributed by atoms with Gasteiger partial charge in [-0.05, 0) is 48.2 Å². The number of esters is 1. The molecular weight excluding hydrogens is 459 g/mol. The van der Waals surface area contributed by atoms with E-state index in [4.69, 9.17) is 0 Å². The van der Waals surface area contributed by atoms with E-state index in [2.05, 4.69) is 14.8 Å². The summed E-state index contributed by atoms with van der Waals surface area (Å²) in [5.41, 5.74) is 2.04. The third-order valence-corrected chi connectivity index (χ3v) is 6.62. The highest BCUT2D eigenvalue weighted by Crippen LogP contribution is 2.15. The van der Waals surface area contributed by atoms with Crippen LogP contribution in [0.4, 0.5) is 4.39 Å². The molecule has 34 heavy (non-hydrogen) atoms. The Morgan fingerprint density at radius 1 is 0.912 bits per heavy atom. The van der Waals surface area contributed by atoms with Crippen LogP contribution in [-0.4, -0.2) is 40.0 Å². The number of methoxy groups -OCH3 is 1. The van der Waals surface area contributed by atoms with Crippen LogP contribution in [0.25, 0.3) is 0 Å². The maximum atomic E-state index is 14.1. The van der Waals surface area contributed by atoms with Crippen molar-refractivity contribution in [3.63, 3.8) is 0 Å². The number of amides is 1. The molecule has 2 N–H and O–H groups in total. The quantitative estimate of drug-likeness (QED) is 0.431. The SMILES string of the molecule is COC(=O)c1ccc(CCNC(=O)C(Cc2ccccc2)NS(=O)(=O)c2ccccc2F)cc1. The van der Waals surface area contributed by atoms with E-state index in [0.717, 1.165) is 23.3 Å². The monoisotopic (exact) mass is 484 g/mol. The standard InChI is InChI=1S/C25H25FN2O5S/c1-33-25(30)20-13-11-18(12-14-20)15-16-27-24(29)22(17-19-7-3-2-4-8-19)28-34(31,32)23-10-6-5-9-21(23)26/h2-14,22,28H,15-17H2,1H3,(H,27,29). The maximum Gasteiger partial charge on any atom is 0.337 e. The van der Waals surface area contributed by atoms with Gasteiger partial charge < -0.3 is 10.1 Å². The predicted molar refractivity (Wildman–Crippen MR) is 125 cm³/mol. The normalized spacial score (nSPS) is 12.1. The minimum atomic E-state index is -4.28. The first-order valence-electron chi connectivity index (χ1n) is 10.6. The molecule has 0 aromatic heterocycles. The van der Waals surface area contributed by atoms with Crippen LogP contribution < -0.4 is 10.0 Å². The molecule has 1 atom stereocenters. The number of sulfonamides is 1. The van der Waals surface area contributed by atoms with Gasteiger partial charge in [0.15, 0.2) is 0 Å². The zero-order chi connectivity index (χ0) is 24.6. The number of benzene rings is 3. The largest absolute Gasteiger partial charge is 0.465 e. The lowest BCUT2D eigenvalue weighted by molar-refractivity contribution is -0.122. The molecule has 0 spiro atoms. The second kappa shape index (κ2) is 11.5. The van der Waals surface area contributed by atoms with Gasteiger partial charge in [0, 0.05) is 6.54 Å². The van der Waals surface area contributed by atoms with Crippen molar-refractivity contribution in [2.45, 2.75) is 23.8 Å². The fraction of sp³-hybridized carbons (Fsp3) is 0.200. The Labute approximate surface area is 198 Å². The first kappa shape index (κ1) is 25.1. The third kappa shape index (κ3) is 6.72. The number of halogens is 1. The van der Waals surface area contributed by atoms with Crippen LogP contribution >= 0.6 is 0 Å². The summed E-state index contributed by atoms with van der Waals surface area (Å²) >= 11 is 0. The van der Waals surface area contributed by atoms with Crippen LogP contribution in [0.5, 0.6) is 0 Å². The first-order valence-corrected chi connectivity index (χ1v) is 12.0. The zero-order valence-electron chi connectivity index (χ0n) is 18.5. The Morgan fingerprint density at radius 2 is 1.56 bits per heavy atom. The van der Waals surface area contributed by atoms with E-state index in [9.17, 15) is 22.4 Å². The van der Waals surface area contributed by atoms with Crippen LogP contribution in [0.2, 0.25) is 0 Å². The van der Waals surface area contributed by atoms with E-state index < -0.39 is 38.7 Å². The van der Waals surface area contributed by atoms with Gasteiger partial charge >= 0.3 is 5.97 Å². The topological polar surface area (TPSA) is 102 Å². The molecule has 0 aliphatic heterocycles. The van der Waals surface area contributed by atoms with Crippen molar-refractivity contribution in [3.05, 3.63) is 101 Å². The van der Waals surface area contributed by atoms with Gasteiger partial charge in [0.1, 0.15) is 16.8 Å². The number of hydrogen-bond donors (Lipinski definition) is 2. The Morgan fingerprint density at radius 3 is 2.21 bits per heavy atom. The highest BCUT2D eigenvalue weighted by Gasteiger charge is 2.27. The molecule has 3 rings (SSSR count). The molecule has 0 heterocycles. The second-order valence-corrected chi connectivity index (χ2v) is 9.21. The summed E-state index contributed by atoms with van der Waals surface area (Å²) in [6.07, 6.45) is 0.555. The number of rotatable bonds is 10. The molecule has 0 fully saturated rings. The molecule has 178 valence electrons. The highest BCUT2D eigenvalue weighted by molar-refractivity contribution is 7.89. The summed E-state index contributed by atoms with van der Waals surface area (Å²) in [4.78, 5) is 23.9. The zero-order valence-corrected chi connectivity index (χ0v) is 19.3. The van der Waals surface area contributed by atoms with Crippen molar-refractivity contribution >= 4 is 21.9 Å². The van der Waals surface area contributed by atoms with Gasteiger partial charge in [-0.1, -0.05) is 54.6 Å². The third-order valence-electron chi connectivity index (χ3n) is 5.11. The van der Waals surface area contributed by atoms with Crippen LogP contribution in [0.3, 0.4) is 0 Å². The van der Waals surface area contributed by atoms with E-state index in [1.54, 1.807) is 48.5 Å². The van der Waals surface area contributed by atoms with Crippen molar-refractivity contribution < 1.29 is 27.1 Å². The number of carbonyl (C=O) groups is 2. The van der Waals surface area contributed by atoms with Gasteiger partial charge in [0.2, 0.25) is 15.9 Å². The number of hydrogen-bond acceptors (Lipinski definition) is 5. The Kier molecular flexibility index (Phi) is 8.50. The molecule has 0 radical (unpaired) electrons. The van der Waals surface area contributed by atoms with Gasteiger partial charge in [0.25, 0.3) is 0 Å². The molecule has 0 aliphatic carbocycles. The van der Waals surface area contributed by atoms with Crippen molar-refractivity contribution in [1.82, 2.24) is 10.0 Å². The average molecular weight is 485 g/mol. The van der Waals surface area contributed by atoms with Crippen molar-refractivity contribution in [1.29, 1.82) is 0 Å². The summed E-state index contributed by atoms with van der Waals surface area (Å²) in [6, 6.07) is 19.5. The van der Waals surface area contributed by atoms with Crippen LogP contribution in [0, 0.1) is 5.82 Å². The molecule has 0 saturated carbocycles. The smallest absolute Gasteiger partial charge is 0.337 e. The number of nitrogens with one attached hydrogen (secondary N) is 2. The average Bonchev–Trinajstić information content (AvgIpc) is 2.84. The summed E-state index contributed by atoms with van der Waals surface area (Å²) in [5.74, 6) is -1.87. The molecule has 3 aromatic rings. The Balaban J connectivity index is 1.69. The van der Waals surface area contributed by atoms with Gasteiger partial charge in [-0.15, -0.1) is 0 Å². The minimum absolute atomic E-state index is 0.0915. The lowest BCUT2D eigenvalue weighted by atomic mass is 10.1. The van der Waals surface area contributed by atoms with Crippen LogP contribution in [0.1, 0.15) is 21.5 Å². The van der Waals surface area contributed by atoms with E-state index in [-0.39, 0.29) is 13.0 Å². The van der Waals surface area contributed by atoms with E-state index in [1.165, 1.54) is 19.2 Å². The fourth-order valence-electron chi connectivity index (χ4n) is 3.33. The van der Waals surface area contributed by atoms with Gasteiger partial charge in [-0.25, -0.2) is 17.6 Å². The van der Waals surface area contributed by atoms with Gasteiger partial charge in [-0.3, -0.25) is 4.79 Å². The molecule has 3 aromatic carbocycles. The van der Waals surface area contributed by atoms with Crippen LogP contribution in [-0.2, 0) is 32.4 Å². The molecule has 1 unspecified atom stereocenters. The van der Waals surface area contributed by atoms with Gasteiger partial charge in [-0.2, -0.15) is 4.72 Å². The predicted octanol–water partition coefficient (Wildman–Crippen LogP) is 2.86. The summed E-state index contributed by atoms with van der Waals surface area (Å²) in [7, 11) is -2.97. The molecule has 1 amide bonds. The Hall–Kier alpha value is -3.56. The van der Waals surface area contributed by atoms with E-state index >= 15 is 0 Å². The lowest BCUT2D eigenvalue weighted by Gasteiger charge is -2.19.